The second-order valence-corrected chi connectivity index (χ2v) is 9.31. The molecule has 6 rings (SSSR count). The molecule has 0 bridgehead atoms. The summed E-state index contributed by atoms with van der Waals surface area (Å²) in [7, 11) is 0. The molecular weight excluding hydrogens is 486 g/mol. The van der Waals surface area contributed by atoms with Crippen LogP contribution in [0.1, 0.15) is 11.9 Å². The van der Waals surface area contributed by atoms with Crippen LogP contribution in [0.15, 0.2) is 63.9 Å². The maximum Gasteiger partial charge on any atom is 0.364 e. The summed E-state index contributed by atoms with van der Waals surface area (Å²) in [6, 6.07) is 12.9. The van der Waals surface area contributed by atoms with Crippen LogP contribution in [0.2, 0.25) is 0 Å². The van der Waals surface area contributed by atoms with E-state index in [0.717, 1.165) is 16.6 Å². The minimum Gasteiger partial charge on any atom is -0.421 e. The lowest BCUT2D eigenvalue weighted by Crippen LogP contribution is -2.48. The zero-order valence-electron chi connectivity index (χ0n) is 19.1. The zero-order chi connectivity index (χ0) is 24.8. The molecule has 1 aliphatic heterocycles. The smallest absolute Gasteiger partial charge is 0.364 e. The summed E-state index contributed by atoms with van der Waals surface area (Å²) in [5.41, 5.74) is 6.65. The van der Waals surface area contributed by atoms with Crippen LogP contribution in [-0.2, 0) is 0 Å². The van der Waals surface area contributed by atoms with Gasteiger partial charge < -0.3 is 15.1 Å². The third-order valence-electron chi connectivity index (χ3n) is 6.63. The molecular formula is C25H22F2N6O2S. The van der Waals surface area contributed by atoms with Crippen LogP contribution in [0.5, 0.6) is 0 Å². The van der Waals surface area contributed by atoms with Crippen molar-refractivity contribution in [3.05, 3.63) is 76.8 Å². The Kier molecular flexibility index (Phi) is 5.82. The number of hydrogen-bond acceptors (Lipinski definition) is 8. The summed E-state index contributed by atoms with van der Waals surface area (Å²) in [6.07, 6.45) is 1.73. The molecule has 5 aromatic rings. The van der Waals surface area contributed by atoms with Crippen LogP contribution in [0.4, 0.5) is 14.1 Å². The largest absolute Gasteiger partial charge is 0.421 e. The number of halogens is 2. The summed E-state index contributed by atoms with van der Waals surface area (Å²) >= 11 is -0.0267. The quantitative estimate of drug-likeness (QED) is 0.356. The molecule has 11 heteroatoms. The minimum atomic E-state index is -0.630. The molecule has 36 heavy (non-hydrogen) atoms. The topological polar surface area (TPSA) is 93.4 Å². The Morgan fingerprint density at radius 3 is 2.69 bits per heavy atom. The third kappa shape index (κ3) is 3.89. The highest BCUT2D eigenvalue weighted by molar-refractivity contribution is 7.93. The number of para-hydroxylation sites is 1. The lowest BCUT2D eigenvalue weighted by atomic mass is 10.1. The van der Waals surface area contributed by atoms with Crippen molar-refractivity contribution >= 4 is 50.9 Å². The molecule has 1 fully saturated rings. The summed E-state index contributed by atoms with van der Waals surface area (Å²) in [6.45, 7) is 3.17. The predicted octanol–water partition coefficient (Wildman–Crippen LogP) is 4.03. The number of aromatic nitrogens is 3. The summed E-state index contributed by atoms with van der Waals surface area (Å²) in [4.78, 5) is 25.7. The lowest BCUT2D eigenvalue weighted by molar-refractivity contribution is 0.240. The van der Waals surface area contributed by atoms with Gasteiger partial charge in [-0.2, -0.15) is 0 Å². The average Bonchev–Trinajstić information content (AvgIpc) is 3.30. The highest BCUT2D eigenvalue weighted by Crippen LogP contribution is 2.31. The molecule has 1 atom stereocenters. The molecule has 0 saturated carbocycles. The van der Waals surface area contributed by atoms with Crippen molar-refractivity contribution < 1.29 is 12.7 Å². The number of pyridine rings is 1. The Morgan fingerprint density at radius 1 is 1.08 bits per heavy atom. The highest BCUT2D eigenvalue weighted by Gasteiger charge is 2.26. The lowest BCUT2D eigenvalue weighted by Gasteiger charge is -2.36. The van der Waals surface area contributed by atoms with E-state index in [9.17, 15) is 13.1 Å². The molecule has 0 radical (unpaired) electrons. The van der Waals surface area contributed by atoms with E-state index in [1.54, 1.807) is 36.5 Å². The van der Waals surface area contributed by atoms with Gasteiger partial charge in [0.25, 0.3) is 0 Å². The van der Waals surface area contributed by atoms with Gasteiger partial charge in [-0.25, -0.2) is 23.1 Å². The number of fused-ring (bicyclic) bond motifs is 4. The maximum atomic E-state index is 14.1. The van der Waals surface area contributed by atoms with Crippen LogP contribution >= 0.6 is 12.3 Å². The predicted molar refractivity (Wildman–Crippen MR) is 137 cm³/mol. The molecule has 2 aromatic carbocycles. The van der Waals surface area contributed by atoms with E-state index in [4.69, 9.17) is 10.2 Å². The van der Waals surface area contributed by atoms with E-state index in [1.807, 2.05) is 6.07 Å². The molecule has 0 spiro atoms. The number of rotatable bonds is 5. The number of imidazole rings is 1. The molecule has 1 aliphatic rings. The van der Waals surface area contributed by atoms with Gasteiger partial charge in [0.15, 0.2) is 17.9 Å². The molecule has 1 saturated heterocycles. The third-order valence-corrected chi connectivity index (χ3v) is 7.14. The van der Waals surface area contributed by atoms with E-state index in [-0.39, 0.29) is 29.5 Å². The van der Waals surface area contributed by atoms with Gasteiger partial charge in [-0.1, -0.05) is 18.2 Å². The second kappa shape index (κ2) is 9.16. The number of nitrogens with zero attached hydrogens (tertiary/aromatic N) is 5. The molecule has 4 heterocycles. The van der Waals surface area contributed by atoms with Gasteiger partial charge in [0, 0.05) is 49.7 Å². The van der Waals surface area contributed by atoms with Crippen molar-refractivity contribution in [2.45, 2.75) is 6.04 Å². The van der Waals surface area contributed by atoms with E-state index in [1.165, 1.54) is 16.1 Å². The SMILES string of the molecule is NC(CN1CCN(c2nccc3ccc(F)cc23)CC1)c1nc2c(=O)oc3ccccc3c2n1SF. The van der Waals surface area contributed by atoms with E-state index >= 15 is 0 Å². The van der Waals surface area contributed by atoms with Gasteiger partial charge in [0.2, 0.25) is 0 Å². The van der Waals surface area contributed by atoms with Crippen LogP contribution in [-0.4, -0.2) is 51.6 Å². The van der Waals surface area contributed by atoms with Crippen LogP contribution in [0.3, 0.4) is 0 Å². The Bertz CT molecular complexity index is 1650. The number of nitrogens with two attached hydrogens (primary N) is 1. The van der Waals surface area contributed by atoms with Gasteiger partial charge in [0.1, 0.15) is 28.6 Å². The summed E-state index contributed by atoms with van der Waals surface area (Å²) in [5.74, 6) is 0.733. The number of piperazine rings is 1. The van der Waals surface area contributed by atoms with Crippen molar-refractivity contribution in [2.24, 2.45) is 5.73 Å². The number of benzene rings is 2. The Hall–Kier alpha value is -3.54. The maximum absolute atomic E-state index is 14.1. The molecule has 0 amide bonds. The minimum absolute atomic E-state index is 0.0267. The van der Waals surface area contributed by atoms with E-state index in [2.05, 4.69) is 19.8 Å². The monoisotopic (exact) mass is 508 g/mol. The Labute approximate surface area is 208 Å². The number of anilines is 1. The van der Waals surface area contributed by atoms with Gasteiger partial charge >= 0.3 is 5.63 Å². The summed E-state index contributed by atoms with van der Waals surface area (Å²) < 4.78 is 34.7. The van der Waals surface area contributed by atoms with Gasteiger partial charge in [-0.05, 0) is 35.7 Å². The normalized spacial score (nSPS) is 15.8. The van der Waals surface area contributed by atoms with Crippen LogP contribution in [0, 0.1) is 5.82 Å². The van der Waals surface area contributed by atoms with Gasteiger partial charge in [-0.15, -0.1) is 3.89 Å². The van der Waals surface area contributed by atoms with E-state index in [0.29, 0.717) is 49.2 Å². The molecule has 8 nitrogen and oxygen atoms in total. The first-order valence-corrected chi connectivity index (χ1v) is 12.2. The van der Waals surface area contributed by atoms with Crippen molar-refractivity contribution in [1.82, 2.24) is 18.8 Å². The molecule has 2 N–H and O–H groups in total. The van der Waals surface area contributed by atoms with Crippen molar-refractivity contribution in [2.75, 3.05) is 37.6 Å². The summed E-state index contributed by atoms with van der Waals surface area (Å²) in [5, 5.41) is 2.31. The molecule has 3 aromatic heterocycles. The Balaban J connectivity index is 1.23. The van der Waals surface area contributed by atoms with Gasteiger partial charge in [0.05, 0.1) is 6.04 Å². The fourth-order valence-electron chi connectivity index (χ4n) is 4.89. The number of hydrogen-bond donors (Lipinski definition) is 1. The second-order valence-electron chi connectivity index (χ2n) is 8.81. The van der Waals surface area contributed by atoms with Gasteiger partial charge in [-0.3, -0.25) is 4.90 Å². The first-order valence-electron chi connectivity index (χ1n) is 11.5. The fourth-order valence-corrected chi connectivity index (χ4v) is 5.39. The molecule has 1 unspecified atom stereocenters. The Morgan fingerprint density at radius 2 is 1.89 bits per heavy atom. The van der Waals surface area contributed by atoms with Crippen molar-refractivity contribution in [1.29, 1.82) is 0 Å². The van der Waals surface area contributed by atoms with Crippen LogP contribution in [0.25, 0.3) is 32.8 Å². The highest BCUT2D eigenvalue weighted by atomic mass is 32.2. The molecule has 184 valence electrons. The molecule has 0 aliphatic carbocycles. The van der Waals surface area contributed by atoms with Crippen molar-refractivity contribution in [3.8, 4) is 0 Å². The zero-order valence-corrected chi connectivity index (χ0v) is 19.9. The van der Waals surface area contributed by atoms with Crippen LogP contribution < -0.4 is 16.3 Å². The standard InChI is InChI=1S/C25H22F2N6O2S/c26-16-6-5-15-7-8-29-23(18(15)13-16)32-11-9-31(10-12-32)14-19(28)24-30-21-22(33(24)36-27)17-3-1-2-4-20(17)35-25(21)34/h1-8,13,19H,9-12,14,28H2. The average molecular weight is 509 g/mol. The first kappa shape index (κ1) is 22.9. The first-order chi connectivity index (χ1) is 17.5. The fraction of sp³-hybridized carbons (Fsp3) is 0.240. The van der Waals surface area contributed by atoms with E-state index < -0.39 is 11.7 Å². The van der Waals surface area contributed by atoms with Crippen molar-refractivity contribution in [3.63, 3.8) is 0 Å².